The first-order valence-corrected chi connectivity index (χ1v) is 8.03. The molecule has 21 heavy (non-hydrogen) atoms. The van der Waals surface area contributed by atoms with Crippen molar-refractivity contribution in [1.29, 1.82) is 0 Å². The Morgan fingerprint density at radius 3 is 2.57 bits per heavy atom. The highest BCUT2D eigenvalue weighted by atomic mass is 16.2. The number of carbonyl (C=O) groups excluding carboxylic acids is 1. The van der Waals surface area contributed by atoms with Crippen LogP contribution >= 0.6 is 0 Å². The van der Waals surface area contributed by atoms with Crippen LogP contribution in [0.1, 0.15) is 54.4 Å². The first-order chi connectivity index (χ1) is 10.2. The number of piperidine rings is 1. The fourth-order valence-corrected chi connectivity index (χ4v) is 3.96. The Morgan fingerprint density at radius 1 is 1.19 bits per heavy atom. The van der Waals surface area contributed by atoms with Crippen molar-refractivity contribution < 1.29 is 4.79 Å². The molecule has 0 aromatic heterocycles. The molecule has 1 saturated heterocycles. The summed E-state index contributed by atoms with van der Waals surface area (Å²) in [5, 5.41) is 0. The number of nitrogen functional groups attached to an aromatic ring is 1. The Labute approximate surface area is 126 Å². The van der Waals surface area contributed by atoms with Crippen molar-refractivity contribution in [3.8, 4) is 0 Å². The highest BCUT2D eigenvalue weighted by Gasteiger charge is 2.36. The lowest BCUT2D eigenvalue weighted by Crippen LogP contribution is -2.38. The van der Waals surface area contributed by atoms with Gasteiger partial charge in [0.1, 0.15) is 0 Å². The monoisotopic (exact) mass is 287 g/mol. The lowest BCUT2D eigenvalue weighted by atomic mass is 9.77. The number of amides is 1. The molecule has 3 rings (SSSR count). The molecule has 2 fully saturated rings. The summed E-state index contributed by atoms with van der Waals surface area (Å²) in [5.74, 6) is 4.97. The Bertz CT molecular complexity index is 499. The molecular formula is C17H25N3O. The number of benzene rings is 1. The number of likely N-dealkylation sites (tertiary alicyclic amines) is 1. The molecule has 0 bridgehead atoms. The van der Waals surface area contributed by atoms with E-state index < -0.39 is 0 Å². The number of rotatable bonds is 3. The first-order valence-electron chi connectivity index (χ1n) is 8.03. The van der Waals surface area contributed by atoms with Gasteiger partial charge in [0.2, 0.25) is 0 Å². The van der Waals surface area contributed by atoms with Crippen LogP contribution in [-0.2, 0) is 6.54 Å². The van der Waals surface area contributed by atoms with Gasteiger partial charge in [-0.05, 0) is 61.9 Å². The summed E-state index contributed by atoms with van der Waals surface area (Å²) in [7, 11) is 0. The molecule has 0 atom stereocenters. The number of carbonyl (C=O) groups is 1. The van der Waals surface area contributed by atoms with Crippen molar-refractivity contribution in [2.45, 2.75) is 45.1 Å². The molecule has 1 saturated carbocycles. The topological polar surface area (TPSA) is 58.4 Å². The minimum atomic E-state index is -0.222. The maximum absolute atomic E-state index is 11.6. The zero-order valence-corrected chi connectivity index (χ0v) is 12.6. The number of hydrazine groups is 1. The predicted molar refractivity (Wildman–Crippen MR) is 83.5 cm³/mol. The van der Waals surface area contributed by atoms with Crippen molar-refractivity contribution in [1.82, 2.24) is 10.3 Å². The molecule has 0 unspecified atom stereocenters. The first kappa shape index (κ1) is 14.5. The smallest absolute Gasteiger partial charge is 0.265 e. The summed E-state index contributed by atoms with van der Waals surface area (Å²) in [6.07, 6.45) is 8.42. The van der Waals surface area contributed by atoms with Crippen LogP contribution in [0.5, 0.6) is 0 Å². The van der Waals surface area contributed by atoms with E-state index in [4.69, 9.17) is 5.84 Å². The summed E-state index contributed by atoms with van der Waals surface area (Å²) in [4.78, 5) is 14.1. The normalized spacial score (nSPS) is 21.6. The largest absolute Gasteiger partial charge is 0.299 e. The molecule has 4 nitrogen and oxygen atoms in total. The fourth-order valence-electron chi connectivity index (χ4n) is 3.96. The Kier molecular flexibility index (Phi) is 4.27. The van der Waals surface area contributed by atoms with E-state index in [1.54, 1.807) is 6.07 Å². The van der Waals surface area contributed by atoms with Crippen LogP contribution in [0.25, 0.3) is 0 Å². The highest BCUT2D eigenvalue weighted by Crippen LogP contribution is 2.46. The van der Waals surface area contributed by atoms with Gasteiger partial charge in [0.05, 0.1) is 0 Å². The van der Waals surface area contributed by atoms with E-state index >= 15 is 0 Å². The fraction of sp³-hybridized carbons (Fsp3) is 0.588. The molecule has 1 amide bonds. The van der Waals surface area contributed by atoms with Crippen LogP contribution in [0.4, 0.5) is 0 Å². The third kappa shape index (κ3) is 3.27. The molecule has 3 N–H and O–H groups in total. The third-order valence-electron chi connectivity index (χ3n) is 5.31. The maximum Gasteiger partial charge on any atom is 0.265 e. The number of hydrogen-bond acceptors (Lipinski definition) is 3. The van der Waals surface area contributed by atoms with E-state index in [0.29, 0.717) is 11.0 Å². The summed E-state index contributed by atoms with van der Waals surface area (Å²) >= 11 is 0. The molecule has 4 heteroatoms. The van der Waals surface area contributed by atoms with Gasteiger partial charge in [-0.2, -0.15) is 0 Å². The van der Waals surface area contributed by atoms with Crippen LogP contribution < -0.4 is 11.3 Å². The van der Waals surface area contributed by atoms with Crippen molar-refractivity contribution in [2.75, 3.05) is 13.1 Å². The van der Waals surface area contributed by atoms with Gasteiger partial charge in [-0.1, -0.05) is 25.0 Å². The van der Waals surface area contributed by atoms with Gasteiger partial charge < -0.3 is 0 Å². The lowest BCUT2D eigenvalue weighted by molar-refractivity contribution is 0.0952. The number of nitrogens with two attached hydrogens (primary N) is 1. The second-order valence-electron chi connectivity index (χ2n) is 6.66. The van der Waals surface area contributed by atoms with Crippen LogP contribution in [0.2, 0.25) is 0 Å². The lowest BCUT2D eigenvalue weighted by Gasteiger charge is -2.39. The SMILES string of the molecule is NNC(=O)c1cccc(CN2CCC3(CCCC3)CC2)c1. The van der Waals surface area contributed by atoms with E-state index in [1.807, 2.05) is 12.1 Å². The van der Waals surface area contributed by atoms with E-state index in [-0.39, 0.29) is 5.91 Å². The van der Waals surface area contributed by atoms with E-state index in [1.165, 1.54) is 57.2 Å². The predicted octanol–water partition coefficient (Wildman–Crippen LogP) is 2.45. The number of hydrogen-bond donors (Lipinski definition) is 2. The molecule has 1 aromatic carbocycles. The highest BCUT2D eigenvalue weighted by molar-refractivity contribution is 5.93. The van der Waals surface area contributed by atoms with Gasteiger partial charge in [0.15, 0.2) is 0 Å². The van der Waals surface area contributed by atoms with Crippen molar-refractivity contribution in [3.05, 3.63) is 35.4 Å². The molecule has 1 heterocycles. The minimum absolute atomic E-state index is 0.222. The van der Waals surface area contributed by atoms with Crippen LogP contribution in [0.3, 0.4) is 0 Å². The van der Waals surface area contributed by atoms with Crippen LogP contribution in [0, 0.1) is 5.41 Å². The quantitative estimate of drug-likeness (QED) is 0.510. The van der Waals surface area contributed by atoms with E-state index in [0.717, 1.165) is 6.54 Å². The molecule has 1 aromatic rings. The Balaban J connectivity index is 1.59. The maximum atomic E-state index is 11.6. The van der Waals surface area contributed by atoms with Gasteiger partial charge >= 0.3 is 0 Å². The summed E-state index contributed by atoms with van der Waals surface area (Å²) in [6, 6.07) is 7.77. The van der Waals surface area contributed by atoms with Crippen LogP contribution in [0.15, 0.2) is 24.3 Å². The minimum Gasteiger partial charge on any atom is -0.299 e. The molecule has 1 aliphatic carbocycles. The summed E-state index contributed by atoms with van der Waals surface area (Å²) in [6.45, 7) is 3.31. The molecule has 0 radical (unpaired) electrons. The zero-order valence-electron chi connectivity index (χ0n) is 12.6. The number of nitrogens with one attached hydrogen (secondary N) is 1. The van der Waals surface area contributed by atoms with Gasteiger partial charge in [-0.15, -0.1) is 0 Å². The average Bonchev–Trinajstić information content (AvgIpc) is 2.98. The van der Waals surface area contributed by atoms with Gasteiger partial charge in [0.25, 0.3) is 5.91 Å². The van der Waals surface area contributed by atoms with Gasteiger partial charge in [0, 0.05) is 12.1 Å². The van der Waals surface area contributed by atoms with Crippen molar-refractivity contribution >= 4 is 5.91 Å². The molecule has 1 spiro atoms. The zero-order chi connectivity index (χ0) is 14.7. The molecular weight excluding hydrogens is 262 g/mol. The third-order valence-corrected chi connectivity index (χ3v) is 5.31. The standard InChI is InChI=1S/C17H25N3O/c18-19-16(21)15-5-3-4-14(12-15)13-20-10-8-17(9-11-20)6-1-2-7-17/h3-5,12H,1-2,6-11,13,18H2,(H,19,21). The molecule has 2 aliphatic rings. The van der Waals surface area contributed by atoms with E-state index in [9.17, 15) is 4.79 Å². The molecule has 114 valence electrons. The van der Waals surface area contributed by atoms with Crippen LogP contribution in [-0.4, -0.2) is 23.9 Å². The van der Waals surface area contributed by atoms with Gasteiger partial charge in [-0.25, -0.2) is 5.84 Å². The average molecular weight is 287 g/mol. The second kappa shape index (κ2) is 6.16. The number of nitrogens with zero attached hydrogens (tertiary/aromatic N) is 1. The van der Waals surface area contributed by atoms with Crippen molar-refractivity contribution in [3.63, 3.8) is 0 Å². The van der Waals surface area contributed by atoms with Gasteiger partial charge in [-0.3, -0.25) is 15.1 Å². The summed E-state index contributed by atoms with van der Waals surface area (Å²) < 4.78 is 0. The second-order valence-corrected chi connectivity index (χ2v) is 6.66. The Hall–Kier alpha value is -1.39. The summed E-state index contributed by atoms with van der Waals surface area (Å²) in [5.41, 5.74) is 4.69. The van der Waals surface area contributed by atoms with Crippen molar-refractivity contribution in [2.24, 2.45) is 11.3 Å². The van der Waals surface area contributed by atoms with E-state index in [2.05, 4.69) is 16.4 Å². The molecule has 1 aliphatic heterocycles. The Morgan fingerprint density at radius 2 is 1.90 bits per heavy atom.